The van der Waals surface area contributed by atoms with Gasteiger partial charge < -0.3 is 15.5 Å². The molecule has 1 atom stereocenters. The molecular weight excluding hydrogens is 335 g/mol. The molecule has 1 aromatic carbocycles. The molecule has 1 fully saturated rings. The summed E-state index contributed by atoms with van der Waals surface area (Å²) in [7, 11) is 0. The molecule has 8 heteroatoms. The zero-order valence-electron chi connectivity index (χ0n) is 13.4. The van der Waals surface area contributed by atoms with Gasteiger partial charge in [0.05, 0.1) is 22.5 Å². The third-order valence-corrected chi connectivity index (χ3v) is 3.98. The SMILES string of the molecule is CC(C)(C#N)CNC(=O)NC1CC(=O)N(c2ccc(Cl)c(F)c2)C1. The Labute approximate surface area is 144 Å². The minimum Gasteiger partial charge on any atom is -0.337 e. The van der Waals surface area contributed by atoms with Gasteiger partial charge in [0.2, 0.25) is 5.91 Å². The lowest BCUT2D eigenvalue weighted by Crippen LogP contribution is -2.45. The summed E-state index contributed by atoms with van der Waals surface area (Å²) >= 11 is 5.64. The van der Waals surface area contributed by atoms with Crippen LogP contribution in [0, 0.1) is 22.6 Å². The number of nitriles is 1. The van der Waals surface area contributed by atoms with Gasteiger partial charge in [-0.1, -0.05) is 11.6 Å². The van der Waals surface area contributed by atoms with Gasteiger partial charge in [0.1, 0.15) is 5.82 Å². The van der Waals surface area contributed by atoms with E-state index in [0.29, 0.717) is 5.69 Å². The Morgan fingerprint density at radius 2 is 2.25 bits per heavy atom. The van der Waals surface area contributed by atoms with E-state index in [1.54, 1.807) is 19.9 Å². The lowest BCUT2D eigenvalue weighted by atomic mass is 9.96. The molecule has 6 nitrogen and oxygen atoms in total. The van der Waals surface area contributed by atoms with Gasteiger partial charge in [0.25, 0.3) is 0 Å². The van der Waals surface area contributed by atoms with Crippen LogP contribution in [0.5, 0.6) is 0 Å². The number of urea groups is 1. The van der Waals surface area contributed by atoms with E-state index in [1.807, 2.05) is 0 Å². The van der Waals surface area contributed by atoms with Crippen LogP contribution in [-0.4, -0.2) is 31.1 Å². The third-order valence-electron chi connectivity index (χ3n) is 3.67. The van der Waals surface area contributed by atoms with Gasteiger partial charge in [0, 0.05) is 25.2 Å². The lowest BCUT2D eigenvalue weighted by Gasteiger charge is -2.19. The average molecular weight is 353 g/mol. The first-order valence-corrected chi connectivity index (χ1v) is 7.81. The van der Waals surface area contributed by atoms with Crippen LogP contribution in [0.4, 0.5) is 14.9 Å². The number of benzene rings is 1. The molecule has 1 heterocycles. The van der Waals surface area contributed by atoms with Crippen LogP contribution >= 0.6 is 11.6 Å². The summed E-state index contributed by atoms with van der Waals surface area (Å²) in [6.45, 7) is 3.86. The number of nitrogens with zero attached hydrogens (tertiary/aromatic N) is 2. The van der Waals surface area contributed by atoms with Crippen LogP contribution < -0.4 is 15.5 Å². The largest absolute Gasteiger partial charge is 0.337 e. The van der Waals surface area contributed by atoms with Gasteiger partial charge >= 0.3 is 6.03 Å². The first kappa shape index (κ1) is 18.0. The van der Waals surface area contributed by atoms with Crippen LogP contribution in [0.1, 0.15) is 20.3 Å². The molecule has 0 aliphatic carbocycles. The van der Waals surface area contributed by atoms with E-state index in [9.17, 15) is 14.0 Å². The maximum absolute atomic E-state index is 13.5. The predicted molar refractivity (Wildman–Crippen MR) is 88.1 cm³/mol. The van der Waals surface area contributed by atoms with Crippen LogP contribution in [0.15, 0.2) is 18.2 Å². The van der Waals surface area contributed by atoms with Crippen LogP contribution in [-0.2, 0) is 4.79 Å². The second-order valence-electron chi connectivity index (χ2n) is 6.33. The van der Waals surface area contributed by atoms with Crippen LogP contribution in [0.2, 0.25) is 5.02 Å². The highest BCUT2D eigenvalue weighted by Crippen LogP contribution is 2.25. The first-order chi connectivity index (χ1) is 11.2. The Balaban J connectivity index is 1.93. The summed E-state index contributed by atoms with van der Waals surface area (Å²) in [5.41, 5.74) is -0.271. The highest BCUT2D eigenvalue weighted by atomic mass is 35.5. The Morgan fingerprint density at radius 1 is 1.54 bits per heavy atom. The third kappa shape index (κ3) is 4.36. The summed E-state index contributed by atoms with van der Waals surface area (Å²) in [6, 6.07) is 5.39. The van der Waals surface area contributed by atoms with E-state index in [-0.39, 0.29) is 36.5 Å². The van der Waals surface area contributed by atoms with Crippen molar-refractivity contribution in [1.82, 2.24) is 10.6 Å². The van der Waals surface area contributed by atoms with Crippen LogP contribution in [0.3, 0.4) is 0 Å². The molecule has 1 unspecified atom stereocenters. The number of amides is 3. The summed E-state index contributed by atoms with van der Waals surface area (Å²) in [5, 5.41) is 14.2. The summed E-state index contributed by atoms with van der Waals surface area (Å²) in [4.78, 5) is 25.4. The van der Waals surface area contributed by atoms with E-state index in [2.05, 4.69) is 16.7 Å². The Hall–Kier alpha value is -2.33. The zero-order valence-corrected chi connectivity index (χ0v) is 14.2. The molecule has 2 rings (SSSR count). The van der Waals surface area contributed by atoms with Gasteiger partial charge in [0.15, 0.2) is 0 Å². The van der Waals surface area contributed by atoms with Crippen molar-refractivity contribution < 1.29 is 14.0 Å². The van der Waals surface area contributed by atoms with Crippen molar-refractivity contribution in [3.63, 3.8) is 0 Å². The van der Waals surface area contributed by atoms with E-state index >= 15 is 0 Å². The lowest BCUT2D eigenvalue weighted by molar-refractivity contribution is -0.117. The van der Waals surface area contributed by atoms with Crippen molar-refractivity contribution in [1.29, 1.82) is 5.26 Å². The number of hydrogen-bond donors (Lipinski definition) is 2. The standard InChI is InChI=1S/C16H18ClFN4O2/c1-16(2,8-19)9-20-15(24)21-10-5-14(23)22(7-10)11-3-4-12(17)13(18)6-11/h3-4,6,10H,5,7,9H2,1-2H3,(H2,20,21,24). The molecule has 0 bridgehead atoms. The number of rotatable bonds is 4. The molecular formula is C16H18ClFN4O2. The van der Waals surface area contributed by atoms with Crippen molar-refractivity contribution >= 4 is 29.2 Å². The van der Waals surface area contributed by atoms with E-state index in [1.165, 1.54) is 17.0 Å². The average Bonchev–Trinajstić information content (AvgIpc) is 2.88. The second kappa shape index (κ2) is 7.05. The maximum Gasteiger partial charge on any atom is 0.315 e. The topological polar surface area (TPSA) is 85.2 Å². The molecule has 1 aliphatic heterocycles. The minimum absolute atomic E-state index is 0.0143. The molecule has 1 aliphatic rings. The highest BCUT2D eigenvalue weighted by molar-refractivity contribution is 6.30. The molecule has 1 aromatic rings. The number of carbonyl (C=O) groups excluding carboxylic acids is 2. The predicted octanol–water partition coefficient (Wildman–Crippen LogP) is 2.43. The first-order valence-electron chi connectivity index (χ1n) is 7.43. The van der Waals surface area contributed by atoms with E-state index < -0.39 is 17.3 Å². The fourth-order valence-corrected chi connectivity index (χ4v) is 2.40. The summed E-state index contributed by atoms with van der Waals surface area (Å²) < 4.78 is 13.5. The second-order valence-corrected chi connectivity index (χ2v) is 6.73. The van der Waals surface area contributed by atoms with Crippen LogP contribution in [0.25, 0.3) is 0 Å². The molecule has 128 valence electrons. The Bertz CT molecular complexity index is 702. The highest BCUT2D eigenvalue weighted by Gasteiger charge is 2.32. The molecule has 24 heavy (non-hydrogen) atoms. The monoisotopic (exact) mass is 352 g/mol. The summed E-state index contributed by atoms with van der Waals surface area (Å²) in [6.07, 6.45) is 0.124. The normalized spacial score (nSPS) is 17.5. The Kier molecular flexibility index (Phi) is 5.30. The van der Waals surface area contributed by atoms with Gasteiger partial charge in [-0.2, -0.15) is 5.26 Å². The number of hydrogen-bond acceptors (Lipinski definition) is 3. The van der Waals surface area contributed by atoms with Crippen molar-refractivity contribution in [3.8, 4) is 6.07 Å². The Morgan fingerprint density at radius 3 is 2.88 bits per heavy atom. The molecule has 1 saturated heterocycles. The number of carbonyl (C=O) groups is 2. The molecule has 0 aromatic heterocycles. The molecule has 0 radical (unpaired) electrons. The fraction of sp³-hybridized carbons (Fsp3) is 0.438. The van der Waals surface area contributed by atoms with Crippen molar-refractivity contribution in [2.75, 3.05) is 18.0 Å². The zero-order chi connectivity index (χ0) is 17.9. The van der Waals surface area contributed by atoms with Gasteiger partial charge in [-0.3, -0.25) is 4.79 Å². The fourth-order valence-electron chi connectivity index (χ4n) is 2.28. The van der Waals surface area contributed by atoms with E-state index in [4.69, 9.17) is 16.9 Å². The maximum atomic E-state index is 13.5. The van der Waals surface area contributed by atoms with Gasteiger partial charge in [-0.05, 0) is 32.0 Å². The molecule has 0 spiro atoms. The van der Waals surface area contributed by atoms with Crippen molar-refractivity contribution in [2.24, 2.45) is 5.41 Å². The number of nitrogens with one attached hydrogen (secondary N) is 2. The molecule has 3 amide bonds. The van der Waals surface area contributed by atoms with Gasteiger partial charge in [-0.25, -0.2) is 9.18 Å². The van der Waals surface area contributed by atoms with E-state index in [0.717, 1.165) is 0 Å². The number of halogens is 2. The van der Waals surface area contributed by atoms with Gasteiger partial charge in [-0.15, -0.1) is 0 Å². The quantitative estimate of drug-likeness (QED) is 0.872. The number of anilines is 1. The molecule has 0 saturated carbocycles. The summed E-state index contributed by atoms with van der Waals surface area (Å²) in [5.74, 6) is -0.811. The van der Waals surface area contributed by atoms with Crippen molar-refractivity contribution in [2.45, 2.75) is 26.3 Å². The van der Waals surface area contributed by atoms with Crippen molar-refractivity contribution in [3.05, 3.63) is 29.0 Å². The minimum atomic E-state index is -0.671. The molecule has 2 N–H and O–H groups in total. The smallest absolute Gasteiger partial charge is 0.315 e.